The Bertz CT molecular complexity index is 481. The van der Waals surface area contributed by atoms with Crippen LogP contribution in [0.15, 0.2) is 23.7 Å². The van der Waals surface area contributed by atoms with Crippen molar-refractivity contribution in [1.29, 1.82) is 0 Å². The molecule has 0 aromatic carbocycles. The number of aliphatic hydroxyl groups excluding tert-OH is 1. The summed E-state index contributed by atoms with van der Waals surface area (Å²) in [6.07, 6.45) is 2.52. The maximum absolute atomic E-state index is 9.24. The maximum atomic E-state index is 9.24. The number of hydrogen-bond acceptors (Lipinski definition) is 4. The Morgan fingerprint density at radius 1 is 1.53 bits per heavy atom. The molecule has 0 saturated carbocycles. The van der Waals surface area contributed by atoms with Crippen molar-refractivity contribution >= 4 is 21.6 Å². The van der Waals surface area contributed by atoms with E-state index in [0.717, 1.165) is 25.0 Å². The molecule has 0 aliphatic carbocycles. The van der Waals surface area contributed by atoms with Crippen LogP contribution in [0, 0.1) is 0 Å². The molecule has 1 unspecified atom stereocenters. The molecule has 17 heavy (non-hydrogen) atoms. The highest BCUT2D eigenvalue weighted by atomic mass is 32.1. The highest BCUT2D eigenvalue weighted by Crippen LogP contribution is 2.20. The number of rotatable bonds is 5. The molecule has 3 nitrogen and oxygen atoms in total. The Morgan fingerprint density at radius 3 is 3.12 bits per heavy atom. The SMILES string of the molecule is CC(O)CCN(C)Cc1cnc2ccsc2c1. The van der Waals surface area contributed by atoms with Gasteiger partial charge >= 0.3 is 0 Å². The van der Waals surface area contributed by atoms with Crippen LogP contribution in [-0.2, 0) is 6.54 Å². The van der Waals surface area contributed by atoms with Crippen molar-refractivity contribution in [2.24, 2.45) is 0 Å². The summed E-state index contributed by atoms with van der Waals surface area (Å²) >= 11 is 1.73. The molecule has 2 heterocycles. The van der Waals surface area contributed by atoms with Gasteiger partial charge in [-0.3, -0.25) is 4.98 Å². The Balaban J connectivity index is 1.97. The molecule has 0 spiro atoms. The van der Waals surface area contributed by atoms with Gasteiger partial charge in [0.15, 0.2) is 0 Å². The van der Waals surface area contributed by atoms with Gasteiger partial charge in [0.1, 0.15) is 0 Å². The molecule has 0 aliphatic heterocycles. The molecule has 1 N–H and O–H groups in total. The van der Waals surface area contributed by atoms with Gasteiger partial charge < -0.3 is 10.0 Å². The van der Waals surface area contributed by atoms with Crippen LogP contribution in [0.5, 0.6) is 0 Å². The van der Waals surface area contributed by atoms with Crippen LogP contribution in [0.4, 0.5) is 0 Å². The van der Waals surface area contributed by atoms with Crippen LogP contribution in [0.3, 0.4) is 0 Å². The third-order valence-electron chi connectivity index (χ3n) is 2.74. The van der Waals surface area contributed by atoms with Crippen molar-refractivity contribution in [3.8, 4) is 0 Å². The minimum Gasteiger partial charge on any atom is -0.393 e. The largest absolute Gasteiger partial charge is 0.393 e. The molecule has 0 bridgehead atoms. The zero-order chi connectivity index (χ0) is 12.3. The standard InChI is InChI=1S/C13H18N2OS/c1-10(16)3-5-15(2)9-11-7-13-12(14-8-11)4-6-17-13/h4,6-8,10,16H,3,5,9H2,1-2H3. The van der Waals surface area contributed by atoms with Crippen molar-refractivity contribution < 1.29 is 5.11 Å². The Morgan fingerprint density at radius 2 is 2.35 bits per heavy atom. The van der Waals surface area contributed by atoms with Crippen LogP contribution >= 0.6 is 11.3 Å². The Kier molecular flexibility index (Phi) is 4.10. The summed E-state index contributed by atoms with van der Waals surface area (Å²) in [5, 5.41) is 11.3. The number of pyridine rings is 1. The molecule has 0 radical (unpaired) electrons. The van der Waals surface area contributed by atoms with Crippen molar-refractivity contribution in [1.82, 2.24) is 9.88 Å². The average molecular weight is 250 g/mol. The first-order chi connectivity index (χ1) is 8.15. The predicted molar refractivity (Wildman–Crippen MR) is 72.3 cm³/mol. The fourth-order valence-corrected chi connectivity index (χ4v) is 2.58. The topological polar surface area (TPSA) is 36.4 Å². The zero-order valence-corrected chi connectivity index (χ0v) is 11.1. The third-order valence-corrected chi connectivity index (χ3v) is 3.59. The summed E-state index contributed by atoms with van der Waals surface area (Å²) in [6.45, 7) is 3.61. The number of thiophene rings is 1. The molecule has 0 aliphatic rings. The van der Waals surface area contributed by atoms with E-state index in [2.05, 4.69) is 28.4 Å². The first-order valence-electron chi connectivity index (χ1n) is 5.84. The fourth-order valence-electron chi connectivity index (χ4n) is 1.77. The maximum Gasteiger partial charge on any atom is 0.0809 e. The summed E-state index contributed by atoms with van der Waals surface area (Å²) < 4.78 is 1.24. The molecule has 2 aromatic heterocycles. The molecule has 0 fully saturated rings. The third kappa shape index (κ3) is 3.49. The van der Waals surface area contributed by atoms with E-state index in [1.807, 2.05) is 19.2 Å². The predicted octanol–water partition coefficient (Wildman–Crippen LogP) is 2.50. The van der Waals surface area contributed by atoms with Crippen LogP contribution < -0.4 is 0 Å². The summed E-state index contributed by atoms with van der Waals surface area (Å²) in [4.78, 5) is 6.64. The molecule has 2 rings (SSSR count). The van der Waals surface area contributed by atoms with E-state index in [1.54, 1.807) is 11.3 Å². The lowest BCUT2D eigenvalue weighted by Gasteiger charge is -2.17. The second-order valence-corrected chi connectivity index (χ2v) is 5.47. The van der Waals surface area contributed by atoms with Crippen molar-refractivity contribution in [2.75, 3.05) is 13.6 Å². The van der Waals surface area contributed by atoms with E-state index >= 15 is 0 Å². The van der Waals surface area contributed by atoms with Gasteiger partial charge in [-0.15, -0.1) is 11.3 Å². The van der Waals surface area contributed by atoms with Gasteiger partial charge in [0.25, 0.3) is 0 Å². The molecular weight excluding hydrogens is 232 g/mol. The lowest BCUT2D eigenvalue weighted by Crippen LogP contribution is -2.22. The number of aromatic nitrogens is 1. The van der Waals surface area contributed by atoms with Crippen LogP contribution in [-0.4, -0.2) is 34.7 Å². The fraction of sp³-hybridized carbons (Fsp3) is 0.462. The van der Waals surface area contributed by atoms with Crippen molar-refractivity contribution in [3.63, 3.8) is 0 Å². The van der Waals surface area contributed by atoms with Gasteiger partial charge in [-0.05, 0) is 43.5 Å². The van der Waals surface area contributed by atoms with E-state index in [-0.39, 0.29) is 6.10 Å². The molecule has 1 atom stereocenters. The number of hydrogen-bond donors (Lipinski definition) is 1. The van der Waals surface area contributed by atoms with Gasteiger partial charge in [-0.1, -0.05) is 0 Å². The Hall–Kier alpha value is -0.970. The van der Waals surface area contributed by atoms with E-state index in [1.165, 1.54) is 10.3 Å². The Labute approximate surface area is 106 Å². The summed E-state index contributed by atoms with van der Waals surface area (Å²) in [5.74, 6) is 0. The number of nitrogens with zero attached hydrogens (tertiary/aromatic N) is 2. The van der Waals surface area contributed by atoms with E-state index in [4.69, 9.17) is 0 Å². The first kappa shape index (κ1) is 12.5. The van der Waals surface area contributed by atoms with Gasteiger partial charge in [0.05, 0.1) is 16.3 Å². The van der Waals surface area contributed by atoms with E-state index in [0.29, 0.717) is 0 Å². The minimum absolute atomic E-state index is 0.227. The molecule has 4 heteroatoms. The number of aliphatic hydroxyl groups is 1. The molecule has 2 aromatic rings. The van der Waals surface area contributed by atoms with Crippen LogP contribution in [0.2, 0.25) is 0 Å². The molecular formula is C13H18N2OS. The highest BCUT2D eigenvalue weighted by molar-refractivity contribution is 7.17. The molecule has 92 valence electrons. The van der Waals surface area contributed by atoms with Crippen molar-refractivity contribution in [2.45, 2.75) is 26.0 Å². The summed E-state index contributed by atoms with van der Waals surface area (Å²) in [6, 6.07) is 4.24. The van der Waals surface area contributed by atoms with Gasteiger partial charge in [-0.25, -0.2) is 0 Å². The van der Waals surface area contributed by atoms with Gasteiger partial charge in [0.2, 0.25) is 0 Å². The van der Waals surface area contributed by atoms with Crippen LogP contribution in [0.25, 0.3) is 10.2 Å². The zero-order valence-electron chi connectivity index (χ0n) is 10.3. The van der Waals surface area contributed by atoms with E-state index < -0.39 is 0 Å². The quantitative estimate of drug-likeness (QED) is 0.885. The van der Waals surface area contributed by atoms with Crippen molar-refractivity contribution in [3.05, 3.63) is 29.3 Å². The average Bonchev–Trinajstić information content (AvgIpc) is 2.73. The first-order valence-corrected chi connectivity index (χ1v) is 6.72. The smallest absolute Gasteiger partial charge is 0.0809 e. The number of fused-ring (bicyclic) bond motifs is 1. The van der Waals surface area contributed by atoms with Crippen LogP contribution in [0.1, 0.15) is 18.9 Å². The normalized spacial score (nSPS) is 13.4. The summed E-state index contributed by atoms with van der Waals surface area (Å²) in [7, 11) is 2.07. The van der Waals surface area contributed by atoms with Gasteiger partial charge in [0, 0.05) is 19.3 Å². The second-order valence-electron chi connectivity index (χ2n) is 4.52. The lowest BCUT2D eigenvalue weighted by molar-refractivity contribution is 0.163. The highest BCUT2D eigenvalue weighted by Gasteiger charge is 2.04. The minimum atomic E-state index is -0.227. The monoisotopic (exact) mass is 250 g/mol. The van der Waals surface area contributed by atoms with E-state index in [9.17, 15) is 5.11 Å². The lowest BCUT2D eigenvalue weighted by atomic mass is 10.2. The molecule has 0 saturated heterocycles. The second kappa shape index (κ2) is 5.58. The van der Waals surface area contributed by atoms with Gasteiger partial charge in [-0.2, -0.15) is 0 Å². The molecule has 0 amide bonds. The summed E-state index contributed by atoms with van der Waals surface area (Å²) in [5.41, 5.74) is 2.30.